The van der Waals surface area contributed by atoms with Crippen LogP contribution in [0.15, 0.2) is 17.0 Å². The maximum atomic E-state index is 13.3. The second-order valence-electron chi connectivity index (χ2n) is 6.43. The van der Waals surface area contributed by atoms with Crippen LogP contribution in [-0.2, 0) is 27.7 Å². The lowest BCUT2D eigenvalue weighted by molar-refractivity contribution is 0.0517. The van der Waals surface area contributed by atoms with Crippen LogP contribution in [0.1, 0.15) is 39.8 Å². The van der Waals surface area contributed by atoms with Gasteiger partial charge in [-0.05, 0) is 44.0 Å². The van der Waals surface area contributed by atoms with E-state index in [2.05, 4.69) is 10.2 Å². The van der Waals surface area contributed by atoms with Gasteiger partial charge in [-0.25, -0.2) is 13.2 Å². The number of aromatic nitrogens is 2. The Kier molecular flexibility index (Phi) is 5.25. The van der Waals surface area contributed by atoms with Crippen molar-refractivity contribution in [1.29, 1.82) is 0 Å². The van der Waals surface area contributed by atoms with Gasteiger partial charge in [-0.1, -0.05) is 0 Å². The van der Waals surface area contributed by atoms with Crippen molar-refractivity contribution in [3.63, 3.8) is 0 Å². The lowest BCUT2D eigenvalue weighted by Gasteiger charge is -2.27. The molecule has 0 fully saturated rings. The quantitative estimate of drug-likeness (QED) is 0.779. The van der Waals surface area contributed by atoms with E-state index in [1.54, 1.807) is 19.1 Å². The van der Waals surface area contributed by atoms with E-state index >= 15 is 0 Å². The Morgan fingerprint density at radius 1 is 1.30 bits per heavy atom. The molecule has 0 spiro atoms. The van der Waals surface area contributed by atoms with Crippen LogP contribution in [0.25, 0.3) is 0 Å². The highest BCUT2D eigenvalue weighted by molar-refractivity contribution is 7.89. The van der Waals surface area contributed by atoms with Crippen molar-refractivity contribution in [1.82, 2.24) is 14.5 Å². The number of H-pyrrole nitrogens is 1. The molecule has 3 rings (SSSR count). The van der Waals surface area contributed by atoms with Crippen molar-refractivity contribution < 1.29 is 22.7 Å². The molecule has 27 heavy (non-hydrogen) atoms. The summed E-state index contributed by atoms with van der Waals surface area (Å²) in [5, 5.41) is 6.84. The van der Waals surface area contributed by atoms with Crippen LogP contribution in [0.5, 0.6) is 5.75 Å². The molecule has 0 saturated heterocycles. The fraction of sp³-hybridized carbons (Fsp3) is 0.444. The second kappa shape index (κ2) is 7.32. The van der Waals surface area contributed by atoms with E-state index in [4.69, 9.17) is 9.47 Å². The van der Waals surface area contributed by atoms with E-state index in [1.807, 2.05) is 13.8 Å². The van der Waals surface area contributed by atoms with Crippen molar-refractivity contribution in [2.75, 3.05) is 20.3 Å². The number of ether oxygens (including phenoxy) is 2. The van der Waals surface area contributed by atoms with Gasteiger partial charge in [0.05, 0.1) is 13.7 Å². The maximum absolute atomic E-state index is 13.3. The average molecular weight is 393 g/mol. The minimum atomic E-state index is -3.80. The molecule has 1 N–H and O–H groups in total. The van der Waals surface area contributed by atoms with Crippen LogP contribution in [0.4, 0.5) is 0 Å². The number of esters is 1. The standard InChI is InChI=1S/C18H23N3O5S/c1-5-26-18(22)17-13-10-21(7-6-14(13)19-20-17)27(23,24)16-9-12(3)11(2)8-15(16)25-4/h8-9H,5-7,10H2,1-4H3,(H,19,20). The smallest absolute Gasteiger partial charge is 0.359 e. The zero-order valence-electron chi connectivity index (χ0n) is 15.8. The minimum absolute atomic E-state index is 0.0540. The summed E-state index contributed by atoms with van der Waals surface area (Å²) in [5.74, 6) is -0.250. The fourth-order valence-electron chi connectivity index (χ4n) is 3.11. The highest BCUT2D eigenvalue weighted by Gasteiger charge is 2.34. The van der Waals surface area contributed by atoms with Crippen LogP contribution >= 0.6 is 0 Å². The third-order valence-corrected chi connectivity index (χ3v) is 6.63. The Morgan fingerprint density at radius 2 is 2.00 bits per heavy atom. The molecule has 0 unspecified atom stereocenters. The van der Waals surface area contributed by atoms with Gasteiger partial charge in [-0.2, -0.15) is 9.40 Å². The molecule has 1 aliphatic heterocycles. The molecular weight excluding hydrogens is 370 g/mol. The van der Waals surface area contributed by atoms with E-state index in [0.717, 1.165) is 16.8 Å². The summed E-state index contributed by atoms with van der Waals surface area (Å²) in [7, 11) is -2.35. The number of aromatic amines is 1. The first-order valence-electron chi connectivity index (χ1n) is 8.68. The average Bonchev–Trinajstić information content (AvgIpc) is 3.07. The predicted octanol–water partition coefficient (Wildman–Crippen LogP) is 1.96. The van der Waals surface area contributed by atoms with Gasteiger partial charge in [0, 0.05) is 30.8 Å². The third-order valence-electron chi connectivity index (χ3n) is 4.77. The van der Waals surface area contributed by atoms with Gasteiger partial charge in [0.1, 0.15) is 10.6 Å². The molecule has 0 saturated carbocycles. The van der Waals surface area contributed by atoms with E-state index < -0.39 is 16.0 Å². The normalized spacial score (nSPS) is 14.7. The number of rotatable bonds is 5. The lowest BCUT2D eigenvalue weighted by Crippen LogP contribution is -2.36. The summed E-state index contributed by atoms with van der Waals surface area (Å²) < 4.78 is 38.2. The van der Waals surface area contributed by atoms with Gasteiger partial charge in [-0.3, -0.25) is 5.10 Å². The molecule has 1 aliphatic rings. The molecule has 2 aromatic rings. The number of hydrogen-bond donors (Lipinski definition) is 1. The molecule has 0 amide bonds. The number of carbonyl (C=O) groups is 1. The number of aryl methyl sites for hydroxylation is 2. The number of nitrogens with one attached hydrogen (secondary N) is 1. The first-order valence-corrected chi connectivity index (χ1v) is 10.1. The maximum Gasteiger partial charge on any atom is 0.359 e. The topological polar surface area (TPSA) is 102 Å². The molecule has 9 heteroatoms. The van der Waals surface area contributed by atoms with Crippen molar-refractivity contribution in [3.8, 4) is 5.75 Å². The Labute approximate surface area is 158 Å². The van der Waals surface area contributed by atoms with E-state index in [-0.39, 0.29) is 30.3 Å². The largest absolute Gasteiger partial charge is 0.495 e. The Hall–Kier alpha value is -2.39. The highest BCUT2D eigenvalue weighted by Crippen LogP contribution is 2.32. The number of sulfonamides is 1. The molecular formula is C18H23N3O5S. The summed E-state index contributed by atoms with van der Waals surface area (Å²) in [5.41, 5.74) is 3.27. The molecule has 1 aromatic heterocycles. The van der Waals surface area contributed by atoms with Gasteiger partial charge in [0.25, 0.3) is 0 Å². The molecule has 0 radical (unpaired) electrons. The molecule has 146 valence electrons. The first kappa shape index (κ1) is 19.4. The van der Waals surface area contributed by atoms with E-state index in [9.17, 15) is 13.2 Å². The lowest BCUT2D eigenvalue weighted by atomic mass is 10.1. The van der Waals surface area contributed by atoms with Gasteiger partial charge in [0.15, 0.2) is 5.69 Å². The predicted molar refractivity (Wildman–Crippen MR) is 98.3 cm³/mol. The number of benzene rings is 1. The zero-order valence-corrected chi connectivity index (χ0v) is 16.6. The number of nitrogens with zero attached hydrogens (tertiary/aromatic N) is 2. The van der Waals surface area contributed by atoms with Gasteiger partial charge >= 0.3 is 5.97 Å². The fourth-order valence-corrected chi connectivity index (χ4v) is 4.74. The highest BCUT2D eigenvalue weighted by atomic mass is 32.2. The summed E-state index contributed by atoms with van der Waals surface area (Å²) in [6, 6.07) is 3.35. The summed E-state index contributed by atoms with van der Waals surface area (Å²) >= 11 is 0. The first-order chi connectivity index (χ1) is 12.8. The number of hydrogen-bond acceptors (Lipinski definition) is 6. The zero-order chi connectivity index (χ0) is 19.8. The van der Waals surface area contributed by atoms with E-state index in [1.165, 1.54) is 11.4 Å². The molecule has 2 heterocycles. The van der Waals surface area contributed by atoms with Crippen molar-refractivity contribution >= 4 is 16.0 Å². The monoisotopic (exact) mass is 393 g/mol. The number of carbonyl (C=O) groups excluding carboxylic acids is 1. The van der Waals surface area contributed by atoms with Crippen molar-refractivity contribution in [2.45, 2.75) is 38.6 Å². The Balaban J connectivity index is 1.98. The van der Waals surface area contributed by atoms with Crippen molar-refractivity contribution in [2.24, 2.45) is 0 Å². The van der Waals surface area contributed by atoms with Crippen LogP contribution in [0.3, 0.4) is 0 Å². The van der Waals surface area contributed by atoms with Crippen LogP contribution < -0.4 is 4.74 Å². The van der Waals surface area contributed by atoms with Crippen LogP contribution in [0, 0.1) is 13.8 Å². The molecule has 1 aromatic carbocycles. The SMILES string of the molecule is CCOC(=O)c1n[nH]c2c1CN(S(=O)(=O)c1cc(C)c(C)cc1OC)CC2. The Bertz CT molecular complexity index is 981. The summed E-state index contributed by atoms with van der Waals surface area (Å²) in [6.07, 6.45) is 0.439. The number of fused-ring (bicyclic) bond motifs is 1. The molecule has 0 aliphatic carbocycles. The van der Waals surface area contributed by atoms with E-state index in [0.29, 0.717) is 17.7 Å². The number of methoxy groups -OCH3 is 1. The third kappa shape index (κ3) is 3.44. The van der Waals surface area contributed by atoms with Gasteiger partial charge < -0.3 is 9.47 Å². The Morgan fingerprint density at radius 3 is 2.67 bits per heavy atom. The van der Waals surface area contributed by atoms with Crippen molar-refractivity contribution in [3.05, 3.63) is 40.2 Å². The summed E-state index contributed by atoms with van der Waals surface area (Å²) in [6.45, 7) is 6.03. The second-order valence-corrected chi connectivity index (χ2v) is 8.33. The molecule has 0 atom stereocenters. The summed E-state index contributed by atoms with van der Waals surface area (Å²) in [4.78, 5) is 12.2. The molecule has 8 nitrogen and oxygen atoms in total. The van der Waals surface area contributed by atoms with Gasteiger partial charge in [0.2, 0.25) is 10.0 Å². The van der Waals surface area contributed by atoms with Crippen LogP contribution in [0.2, 0.25) is 0 Å². The molecule has 0 bridgehead atoms. The van der Waals surface area contributed by atoms with Gasteiger partial charge in [-0.15, -0.1) is 0 Å². The minimum Gasteiger partial charge on any atom is -0.495 e. The van der Waals surface area contributed by atoms with Crippen LogP contribution in [-0.4, -0.2) is 49.2 Å².